The molecule has 0 spiro atoms. The molecule has 3 nitrogen and oxygen atoms in total. The smallest absolute Gasteiger partial charge is 0.122 e. The third kappa shape index (κ3) is 2.26. The maximum atomic E-state index is 10.6. The van der Waals surface area contributed by atoms with Crippen LogP contribution in [0.4, 0.5) is 0 Å². The van der Waals surface area contributed by atoms with Crippen molar-refractivity contribution in [1.82, 2.24) is 0 Å². The Balaban J connectivity index is 2.64. The molecule has 2 rings (SSSR count). The molecule has 0 bridgehead atoms. The van der Waals surface area contributed by atoms with E-state index in [9.17, 15) is 10.2 Å². The molecule has 0 radical (unpaired) electrons. The van der Waals surface area contributed by atoms with Crippen LogP contribution in [0.15, 0.2) is 12.1 Å². The van der Waals surface area contributed by atoms with Crippen LogP contribution in [0.1, 0.15) is 49.8 Å². The SMILES string of the molecule is COc1cc2c(cc1C)C(C(C)C)CC(O)[C@]2(C)O. The predicted molar refractivity (Wildman–Crippen MR) is 75.5 cm³/mol. The molecule has 1 aromatic carbocycles. The van der Waals surface area contributed by atoms with E-state index in [-0.39, 0.29) is 5.92 Å². The van der Waals surface area contributed by atoms with Crippen LogP contribution in [-0.4, -0.2) is 23.4 Å². The van der Waals surface area contributed by atoms with Crippen molar-refractivity contribution >= 4 is 0 Å². The number of aliphatic hydroxyl groups excluding tert-OH is 1. The minimum absolute atomic E-state index is 0.273. The van der Waals surface area contributed by atoms with Crippen molar-refractivity contribution in [3.63, 3.8) is 0 Å². The van der Waals surface area contributed by atoms with Gasteiger partial charge in [0.05, 0.1) is 13.2 Å². The second-order valence-corrected chi connectivity index (χ2v) is 6.16. The Bertz CT molecular complexity index is 477. The lowest BCUT2D eigenvalue weighted by Gasteiger charge is -2.41. The maximum Gasteiger partial charge on any atom is 0.122 e. The number of hydrogen-bond acceptors (Lipinski definition) is 3. The van der Waals surface area contributed by atoms with Crippen LogP contribution < -0.4 is 4.74 Å². The standard InChI is InChI=1S/C16H24O3/c1-9(2)11-7-15(17)16(4,18)13-8-14(19-5)10(3)6-12(11)13/h6,8-9,11,15,17-18H,7H2,1-5H3/t11?,15?,16-/m1/s1. The number of benzene rings is 1. The van der Waals surface area contributed by atoms with Crippen molar-refractivity contribution in [1.29, 1.82) is 0 Å². The molecule has 3 heteroatoms. The molecular weight excluding hydrogens is 240 g/mol. The van der Waals surface area contributed by atoms with Gasteiger partial charge in [-0.05, 0) is 54.9 Å². The maximum absolute atomic E-state index is 10.6. The largest absolute Gasteiger partial charge is 0.496 e. The summed E-state index contributed by atoms with van der Waals surface area (Å²) < 4.78 is 5.34. The average molecular weight is 264 g/mol. The summed E-state index contributed by atoms with van der Waals surface area (Å²) in [6.45, 7) is 8.00. The minimum atomic E-state index is -1.21. The van der Waals surface area contributed by atoms with E-state index >= 15 is 0 Å². The number of aliphatic hydroxyl groups is 2. The minimum Gasteiger partial charge on any atom is -0.496 e. The van der Waals surface area contributed by atoms with Crippen molar-refractivity contribution in [3.8, 4) is 5.75 Å². The predicted octanol–water partition coefficient (Wildman–Crippen LogP) is 2.72. The first kappa shape index (κ1) is 14.4. The third-order valence-electron chi connectivity index (χ3n) is 4.44. The zero-order valence-corrected chi connectivity index (χ0v) is 12.4. The molecule has 0 aliphatic heterocycles. The second kappa shape index (κ2) is 4.80. The van der Waals surface area contributed by atoms with E-state index in [4.69, 9.17) is 4.74 Å². The highest BCUT2D eigenvalue weighted by atomic mass is 16.5. The van der Waals surface area contributed by atoms with Gasteiger partial charge in [0.2, 0.25) is 0 Å². The lowest BCUT2D eigenvalue weighted by molar-refractivity contribution is -0.0834. The molecule has 3 atom stereocenters. The fraction of sp³-hybridized carbons (Fsp3) is 0.625. The lowest BCUT2D eigenvalue weighted by Crippen LogP contribution is -2.43. The van der Waals surface area contributed by atoms with Gasteiger partial charge < -0.3 is 14.9 Å². The Morgan fingerprint density at radius 1 is 1.37 bits per heavy atom. The van der Waals surface area contributed by atoms with Crippen LogP contribution in [0, 0.1) is 12.8 Å². The summed E-state index contributed by atoms with van der Waals surface area (Å²) in [5.74, 6) is 1.46. The first-order valence-electron chi connectivity index (χ1n) is 6.88. The average Bonchev–Trinajstić information content (AvgIpc) is 2.33. The molecule has 106 valence electrons. The van der Waals surface area contributed by atoms with Crippen molar-refractivity contribution in [2.24, 2.45) is 5.92 Å². The van der Waals surface area contributed by atoms with E-state index in [0.717, 1.165) is 22.4 Å². The number of hydrogen-bond donors (Lipinski definition) is 2. The highest BCUT2D eigenvalue weighted by Crippen LogP contribution is 2.46. The molecule has 1 aliphatic rings. The van der Waals surface area contributed by atoms with Gasteiger partial charge >= 0.3 is 0 Å². The second-order valence-electron chi connectivity index (χ2n) is 6.16. The molecule has 2 N–H and O–H groups in total. The lowest BCUT2D eigenvalue weighted by atomic mass is 9.69. The quantitative estimate of drug-likeness (QED) is 0.863. The number of ether oxygens (including phenoxy) is 1. The Morgan fingerprint density at radius 2 is 2.00 bits per heavy atom. The number of rotatable bonds is 2. The van der Waals surface area contributed by atoms with Crippen molar-refractivity contribution < 1.29 is 14.9 Å². The van der Waals surface area contributed by atoms with Gasteiger partial charge in [-0.1, -0.05) is 19.9 Å². The van der Waals surface area contributed by atoms with Crippen LogP contribution in [0.5, 0.6) is 5.75 Å². The molecule has 0 amide bonds. The van der Waals surface area contributed by atoms with E-state index in [1.807, 2.05) is 13.0 Å². The molecule has 0 fully saturated rings. The van der Waals surface area contributed by atoms with Crippen molar-refractivity contribution in [2.75, 3.05) is 7.11 Å². The van der Waals surface area contributed by atoms with Crippen molar-refractivity contribution in [3.05, 3.63) is 28.8 Å². The van der Waals surface area contributed by atoms with Crippen LogP contribution in [0.25, 0.3) is 0 Å². The summed E-state index contributed by atoms with van der Waals surface area (Å²) in [4.78, 5) is 0. The van der Waals surface area contributed by atoms with Gasteiger partial charge in [-0.2, -0.15) is 0 Å². The van der Waals surface area contributed by atoms with Crippen LogP contribution in [0.2, 0.25) is 0 Å². The van der Waals surface area contributed by atoms with Crippen LogP contribution in [0.3, 0.4) is 0 Å². The van der Waals surface area contributed by atoms with E-state index in [1.54, 1.807) is 14.0 Å². The summed E-state index contributed by atoms with van der Waals surface area (Å²) in [5.41, 5.74) is 1.80. The van der Waals surface area contributed by atoms with E-state index in [0.29, 0.717) is 12.3 Å². The Kier molecular flexibility index (Phi) is 3.63. The summed E-state index contributed by atoms with van der Waals surface area (Å²) in [6.07, 6.45) is -0.136. The van der Waals surface area contributed by atoms with Crippen LogP contribution in [-0.2, 0) is 5.60 Å². The first-order valence-corrected chi connectivity index (χ1v) is 6.88. The summed E-state index contributed by atoms with van der Waals surface area (Å²) in [7, 11) is 1.63. The molecule has 0 heterocycles. The monoisotopic (exact) mass is 264 g/mol. The summed E-state index contributed by atoms with van der Waals surface area (Å²) in [6, 6.07) is 3.97. The molecule has 1 aromatic rings. The normalized spacial score (nSPS) is 30.3. The van der Waals surface area contributed by atoms with Gasteiger partial charge in [0.15, 0.2) is 0 Å². The highest BCUT2D eigenvalue weighted by Gasteiger charge is 2.42. The molecular formula is C16H24O3. The first-order chi connectivity index (χ1) is 8.78. The molecule has 2 unspecified atom stereocenters. The van der Waals surface area contributed by atoms with E-state index in [2.05, 4.69) is 19.9 Å². The molecule has 1 aliphatic carbocycles. The Morgan fingerprint density at radius 3 is 2.53 bits per heavy atom. The Labute approximate surface area is 115 Å². The van der Waals surface area contributed by atoms with Crippen molar-refractivity contribution in [2.45, 2.75) is 51.7 Å². The van der Waals surface area contributed by atoms with Gasteiger partial charge in [0.1, 0.15) is 11.4 Å². The van der Waals surface area contributed by atoms with Gasteiger partial charge in [0.25, 0.3) is 0 Å². The third-order valence-corrected chi connectivity index (χ3v) is 4.44. The zero-order valence-electron chi connectivity index (χ0n) is 12.4. The van der Waals surface area contributed by atoms with Gasteiger partial charge in [-0.15, -0.1) is 0 Å². The van der Waals surface area contributed by atoms with E-state index in [1.165, 1.54) is 0 Å². The zero-order chi connectivity index (χ0) is 14.4. The molecule has 19 heavy (non-hydrogen) atoms. The fourth-order valence-electron chi connectivity index (χ4n) is 3.08. The van der Waals surface area contributed by atoms with Gasteiger partial charge in [-0.25, -0.2) is 0 Å². The number of fused-ring (bicyclic) bond motifs is 1. The topological polar surface area (TPSA) is 49.7 Å². The highest BCUT2D eigenvalue weighted by molar-refractivity contribution is 5.48. The van der Waals surface area contributed by atoms with Crippen LogP contribution >= 0.6 is 0 Å². The Hall–Kier alpha value is -1.06. The molecule has 0 aromatic heterocycles. The number of methoxy groups -OCH3 is 1. The van der Waals surface area contributed by atoms with Gasteiger partial charge in [-0.3, -0.25) is 0 Å². The summed E-state index contributed by atoms with van der Waals surface area (Å²) in [5, 5.41) is 20.8. The van der Waals surface area contributed by atoms with Gasteiger partial charge in [0, 0.05) is 0 Å². The molecule has 0 saturated carbocycles. The number of aryl methyl sites for hydroxylation is 1. The summed E-state index contributed by atoms with van der Waals surface area (Å²) >= 11 is 0. The van der Waals surface area contributed by atoms with E-state index < -0.39 is 11.7 Å². The molecule has 0 saturated heterocycles. The fourth-order valence-corrected chi connectivity index (χ4v) is 3.08.